The predicted octanol–water partition coefficient (Wildman–Crippen LogP) is 1.85. The van der Waals surface area contributed by atoms with Crippen LogP contribution in [0.5, 0.6) is 0 Å². The van der Waals surface area contributed by atoms with E-state index in [1.807, 2.05) is 18.2 Å². The molecule has 0 spiro atoms. The van der Waals surface area contributed by atoms with Crippen molar-refractivity contribution in [2.24, 2.45) is 0 Å². The quantitative estimate of drug-likeness (QED) is 0.707. The molecule has 1 aliphatic heterocycles. The summed E-state index contributed by atoms with van der Waals surface area (Å²) in [6, 6.07) is 10.6. The highest BCUT2D eigenvalue weighted by Crippen LogP contribution is 2.31. The fourth-order valence-electron chi connectivity index (χ4n) is 1.86. The van der Waals surface area contributed by atoms with E-state index in [0.717, 1.165) is 0 Å². The zero-order chi connectivity index (χ0) is 10.2. The van der Waals surface area contributed by atoms with Gasteiger partial charge < -0.3 is 5.32 Å². The van der Waals surface area contributed by atoms with Gasteiger partial charge in [0.05, 0.1) is 0 Å². The lowest BCUT2D eigenvalue weighted by Crippen LogP contribution is -2.57. The van der Waals surface area contributed by atoms with Gasteiger partial charge in [0.25, 0.3) is 0 Å². The van der Waals surface area contributed by atoms with Gasteiger partial charge in [-0.1, -0.05) is 44.2 Å². The third kappa shape index (κ3) is 1.41. The normalized spacial score (nSPS) is 21.3. The van der Waals surface area contributed by atoms with Gasteiger partial charge in [-0.3, -0.25) is 4.79 Å². The van der Waals surface area contributed by atoms with E-state index in [2.05, 4.69) is 31.3 Å². The molecule has 74 valence electrons. The number of benzene rings is 1. The Kier molecular flexibility index (Phi) is 2.06. The maximum absolute atomic E-state index is 10.9. The summed E-state index contributed by atoms with van der Waals surface area (Å²) >= 11 is 0. The first-order valence-corrected chi connectivity index (χ1v) is 4.95. The molecule has 1 fully saturated rings. The average molecular weight is 189 g/mol. The predicted molar refractivity (Wildman–Crippen MR) is 56.0 cm³/mol. The lowest BCUT2D eigenvalue weighted by atomic mass is 9.73. The molecule has 2 nitrogen and oxygen atoms in total. The Balaban J connectivity index is 2.20. The highest BCUT2D eigenvalue weighted by molar-refractivity contribution is 5.83. The second-order valence-electron chi connectivity index (χ2n) is 4.41. The topological polar surface area (TPSA) is 29.1 Å². The summed E-state index contributed by atoms with van der Waals surface area (Å²) in [6.45, 7) is 4.35. The number of carbonyl (C=O) groups excluding carboxylic acids is 1. The summed E-state index contributed by atoms with van der Waals surface area (Å²) in [6.07, 6.45) is 0.655. The Morgan fingerprint density at radius 3 is 2.36 bits per heavy atom. The molecular formula is C12H15NO. The number of carbonyl (C=O) groups is 1. The third-order valence-corrected chi connectivity index (χ3v) is 3.11. The molecule has 2 rings (SSSR count). The molecule has 1 heterocycles. The van der Waals surface area contributed by atoms with Crippen LogP contribution in [0.25, 0.3) is 0 Å². The lowest BCUT2D eigenvalue weighted by Gasteiger charge is -2.40. The van der Waals surface area contributed by atoms with Crippen molar-refractivity contribution in [3.63, 3.8) is 0 Å². The molecule has 1 aromatic rings. The minimum Gasteiger partial charge on any atom is -0.352 e. The molecule has 0 radical (unpaired) electrons. The summed E-state index contributed by atoms with van der Waals surface area (Å²) in [5.41, 5.74) is 1.32. The fourth-order valence-corrected chi connectivity index (χ4v) is 1.86. The Morgan fingerprint density at radius 1 is 1.29 bits per heavy atom. The SMILES string of the molecule is CC(C)(c1ccccc1)[C@H]1CC(=O)N1. The number of amides is 1. The van der Waals surface area contributed by atoms with Crippen molar-refractivity contribution in [1.29, 1.82) is 0 Å². The largest absolute Gasteiger partial charge is 0.352 e. The van der Waals surface area contributed by atoms with Crippen LogP contribution in [-0.2, 0) is 10.2 Å². The van der Waals surface area contributed by atoms with Crippen molar-refractivity contribution in [1.82, 2.24) is 5.32 Å². The van der Waals surface area contributed by atoms with E-state index in [-0.39, 0.29) is 17.4 Å². The summed E-state index contributed by atoms with van der Waals surface area (Å²) in [5, 5.41) is 2.94. The number of nitrogens with one attached hydrogen (secondary N) is 1. The van der Waals surface area contributed by atoms with Gasteiger partial charge in [-0.25, -0.2) is 0 Å². The molecular weight excluding hydrogens is 174 g/mol. The van der Waals surface area contributed by atoms with Crippen molar-refractivity contribution in [2.45, 2.75) is 31.7 Å². The van der Waals surface area contributed by atoms with Crippen molar-refractivity contribution in [2.75, 3.05) is 0 Å². The zero-order valence-corrected chi connectivity index (χ0v) is 8.58. The van der Waals surface area contributed by atoms with E-state index >= 15 is 0 Å². The monoisotopic (exact) mass is 189 g/mol. The van der Waals surface area contributed by atoms with Crippen LogP contribution in [0, 0.1) is 0 Å². The van der Waals surface area contributed by atoms with Crippen LogP contribution in [0.1, 0.15) is 25.8 Å². The van der Waals surface area contributed by atoms with Crippen molar-refractivity contribution < 1.29 is 4.79 Å². The van der Waals surface area contributed by atoms with Gasteiger partial charge in [0, 0.05) is 17.9 Å². The second kappa shape index (κ2) is 3.12. The van der Waals surface area contributed by atoms with Gasteiger partial charge >= 0.3 is 0 Å². The first-order chi connectivity index (χ1) is 6.60. The number of β-lactam (4-membered cyclic amide) rings is 1. The second-order valence-corrected chi connectivity index (χ2v) is 4.41. The average Bonchev–Trinajstić information content (AvgIpc) is 2.14. The third-order valence-electron chi connectivity index (χ3n) is 3.11. The van der Waals surface area contributed by atoms with Gasteiger partial charge in [0.15, 0.2) is 0 Å². The van der Waals surface area contributed by atoms with Crippen LogP contribution in [0.15, 0.2) is 30.3 Å². The maximum atomic E-state index is 10.9. The number of hydrogen-bond acceptors (Lipinski definition) is 1. The molecule has 14 heavy (non-hydrogen) atoms. The van der Waals surface area contributed by atoms with Crippen LogP contribution in [0.2, 0.25) is 0 Å². The molecule has 0 bridgehead atoms. The minimum absolute atomic E-state index is 0.0369. The number of hydrogen-bond donors (Lipinski definition) is 1. The van der Waals surface area contributed by atoms with Gasteiger partial charge in [0.2, 0.25) is 5.91 Å². The number of rotatable bonds is 2. The molecule has 0 aliphatic carbocycles. The van der Waals surface area contributed by atoms with E-state index in [9.17, 15) is 4.79 Å². The van der Waals surface area contributed by atoms with Crippen molar-refractivity contribution in [3.8, 4) is 0 Å². The first kappa shape index (κ1) is 9.25. The van der Waals surface area contributed by atoms with E-state index in [1.54, 1.807) is 0 Å². The molecule has 1 amide bonds. The van der Waals surface area contributed by atoms with Gasteiger partial charge in [-0.05, 0) is 5.56 Å². The summed E-state index contributed by atoms with van der Waals surface area (Å²) in [4.78, 5) is 10.9. The minimum atomic E-state index is 0.0369. The van der Waals surface area contributed by atoms with Crippen LogP contribution >= 0.6 is 0 Å². The summed E-state index contributed by atoms with van der Waals surface area (Å²) in [5.74, 6) is 0.166. The molecule has 1 aliphatic rings. The van der Waals surface area contributed by atoms with Gasteiger partial charge in [-0.2, -0.15) is 0 Å². The highest BCUT2D eigenvalue weighted by atomic mass is 16.2. The summed E-state index contributed by atoms with van der Waals surface area (Å²) < 4.78 is 0. The Hall–Kier alpha value is -1.31. The molecule has 2 heteroatoms. The molecule has 1 aromatic carbocycles. The molecule has 0 saturated carbocycles. The molecule has 1 N–H and O–H groups in total. The standard InChI is InChI=1S/C12H15NO/c1-12(2,10-8-11(14)13-10)9-6-4-3-5-7-9/h3-7,10H,8H2,1-2H3,(H,13,14)/t10-/m1/s1. The van der Waals surface area contributed by atoms with Crippen LogP contribution in [0.3, 0.4) is 0 Å². The summed E-state index contributed by atoms with van der Waals surface area (Å²) in [7, 11) is 0. The molecule has 1 atom stereocenters. The van der Waals surface area contributed by atoms with Gasteiger partial charge in [-0.15, -0.1) is 0 Å². The Bertz CT molecular complexity index is 335. The van der Waals surface area contributed by atoms with E-state index < -0.39 is 0 Å². The van der Waals surface area contributed by atoms with Gasteiger partial charge in [0.1, 0.15) is 0 Å². The molecule has 1 saturated heterocycles. The van der Waals surface area contributed by atoms with Crippen molar-refractivity contribution in [3.05, 3.63) is 35.9 Å². The fraction of sp³-hybridized carbons (Fsp3) is 0.417. The lowest BCUT2D eigenvalue weighted by molar-refractivity contribution is -0.129. The Morgan fingerprint density at radius 2 is 1.86 bits per heavy atom. The van der Waals surface area contributed by atoms with E-state index in [0.29, 0.717) is 6.42 Å². The first-order valence-electron chi connectivity index (χ1n) is 4.95. The van der Waals surface area contributed by atoms with Crippen LogP contribution in [0.4, 0.5) is 0 Å². The maximum Gasteiger partial charge on any atom is 0.222 e. The van der Waals surface area contributed by atoms with Crippen LogP contribution in [-0.4, -0.2) is 11.9 Å². The molecule has 0 aromatic heterocycles. The van der Waals surface area contributed by atoms with E-state index in [4.69, 9.17) is 0 Å². The molecule has 0 unspecified atom stereocenters. The Labute approximate surface area is 84.3 Å². The highest BCUT2D eigenvalue weighted by Gasteiger charge is 2.39. The van der Waals surface area contributed by atoms with E-state index in [1.165, 1.54) is 5.56 Å². The van der Waals surface area contributed by atoms with Crippen LogP contribution < -0.4 is 5.32 Å². The van der Waals surface area contributed by atoms with Crippen molar-refractivity contribution >= 4 is 5.91 Å². The smallest absolute Gasteiger partial charge is 0.222 e. The zero-order valence-electron chi connectivity index (χ0n) is 8.58.